The van der Waals surface area contributed by atoms with E-state index in [4.69, 9.17) is 0 Å². The highest BCUT2D eigenvalue weighted by Crippen LogP contribution is 2.12. The Morgan fingerprint density at radius 1 is 0.824 bits per heavy atom. The summed E-state index contributed by atoms with van der Waals surface area (Å²) in [7, 11) is 0. The van der Waals surface area contributed by atoms with Crippen molar-refractivity contribution in [2.45, 2.75) is 13.0 Å². The molecule has 0 aliphatic heterocycles. The summed E-state index contributed by atoms with van der Waals surface area (Å²) in [5, 5.41) is 3.93. The fraction of sp³-hybridized carbons (Fsp3) is 0.0769. The minimum atomic E-state index is -0.645. The summed E-state index contributed by atoms with van der Waals surface area (Å²) in [6, 6.07) is 22.9. The molecule has 34 heavy (non-hydrogen) atoms. The van der Waals surface area contributed by atoms with Gasteiger partial charge in [0.15, 0.2) is 5.36 Å². The molecule has 1 heterocycles. The molecule has 1 N–H and O–H groups in total. The van der Waals surface area contributed by atoms with Crippen molar-refractivity contribution >= 4 is 27.7 Å². The molecule has 166 valence electrons. The Morgan fingerprint density at radius 2 is 1.44 bits per heavy atom. The number of para-hydroxylation sites is 2. The highest BCUT2D eigenvalue weighted by molar-refractivity contribution is 5.83. The van der Waals surface area contributed by atoms with E-state index in [-0.39, 0.29) is 22.7 Å². The first-order chi connectivity index (χ1) is 16.5. The standard InChI is InChI=1S/C26H18N4O4/c31-22(28-29-23-24(32)17-10-4-5-11-18(17)25(23)33)15-30-21-13-7-6-12-19(21)27-20(26(30)34)14-16-8-2-1-3-9-16/h1-13H,14-15H2,(H,28,31). The zero-order valence-electron chi connectivity index (χ0n) is 17.9. The van der Waals surface area contributed by atoms with Crippen LogP contribution in [0.15, 0.2) is 98.3 Å². The van der Waals surface area contributed by atoms with Gasteiger partial charge >= 0.3 is 0 Å². The van der Waals surface area contributed by atoms with Gasteiger partial charge in [0.25, 0.3) is 11.5 Å². The van der Waals surface area contributed by atoms with Crippen LogP contribution in [0.1, 0.15) is 11.3 Å². The quantitative estimate of drug-likeness (QED) is 0.407. The lowest BCUT2D eigenvalue weighted by Gasteiger charge is -2.11. The molecule has 8 nitrogen and oxygen atoms in total. The first-order valence-corrected chi connectivity index (χ1v) is 10.6. The minimum absolute atomic E-state index is 0.252. The van der Waals surface area contributed by atoms with Gasteiger partial charge in [0, 0.05) is 17.2 Å². The molecular formula is C26H18N4O4. The number of carbonyl (C=O) groups is 1. The van der Waals surface area contributed by atoms with E-state index in [1.807, 2.05) is 30.3 Å². The normalized spacial score (nSPS) is 11.1. The number of carbonyl (C=O) groups excluding carboxylic acids is 1. The van der Waals surface area contributed by atoms with Crippen LogP contribution in [0.5, 0.6) is 0 Å². The van der Waals surface area contributed by atoms with Crippen molar-refractivity contribution < 1.29 is 4.79 Å². The highest BCUT2D eigenvalue weighted by Gasteiger charge is 2.15. The second-order valence-corrected chi connectivity index (χ2v) is 7.80. The Balaban J connectivity index is 1.50. The van der Waals surface area contributed by atoms with Crippen LogP contribution in [0, 0.1) is 0 Å². The molecule has 5 aromatic rings. The lowest BCUT2D eigenvalue weighted by molar-refractivity contribution is -0.121. The molecule has 0 atom stereocenters. The molecule has 0 aliphatic carbocycles. The average molecular weight is 450 g/mol. The first-order valence-electron chi connectivity index (χ1n) is 10.6. The Morgan fingerprint density at radius 3 is 2.15 bits per heavy atom. The highest BCUT2D eigenvalue weighted by atomic mass is 16.2. The first kappa shape index (κ1) is 21.1. The van der Waals surface area contributed by atoms with E-state index in [0.717, 1.165) is 5.56 Å². The van der Waals surface area contributed by atoms with Crippen LogP contribution in [-0.4, -0.2) is 15.5 Å². The Bertz CT molecular complexity index is 1710. The second kappa shape index (κ2) is 8.67. The third kappa shape index (κ3) is 3.81. The molecule has 0 saturated heterocycles. The summed E-state index contributed by atoms with van der Waals surface area (Å²) in [5.41, 5.74) is 3.06. The molecule has 1 aromatic heterocycles. The van der Waals surface area contributed by atoms with Crippen LogP contribution < -0.4 is 27.2 Å². The Hall–Kier alpha value is -4.72. The molecule has 0 aliphatic rings. The van der Waals surface area contributed by atoms with E-state index >= 15 is 0 Å². The fourth-order valence-electron chi connectivity index (χ4n) is 3.94. The number of nitrogens with one attached hydrogen (secondary N) is 1. The van der Waals surface area contributed by atoms with Crippen LogP contribution >= 0.6 is 0 Å². The third-order valence-corrected chi connectivity index (χ3v) is 5.57. The van der Waals surface area contributed by atoms with Gasteiger partial charge in [-0.05, 0) is 17.7 Å². The van der Waals surface area contributed by atoms with Crippen LogP contribution in [0.2, 0.25) is 0 Å². The van der Waals surface area contributed by atoms with Crippen LogP contribution in [0.3, 0.4) is 0 Å². The van der Waals surface area contributed by atoms with E-state index < -0.39 is 22.3 Å². The number of amides is 1. The molecule has 8 heteroatoms. The Kier molecular flexibility index (Phi) is 5.39. The van der Waals surface area contributed by atoms with Gasteiger partial charge in [0.05, 0.1) is 11.0 Å². The lowest BCUT2D eigenvalue weighted by atomic mass is 10.1. The maximum Gasteiger partial charge on any atom is 0.273 e. The van der Waals surface area contributed by atoms with Gasteiger partial charge in [-0.2, -0.15) is 5.10 Å². The van der Waals surface area contributed by atoms with Crippen molar-refractivity contribution in [1.29, 1.82) is 0 Å². The number of fused-ring (bicyclic) bond motifs is 2. The van der Waals surface area contributed by atoms with E-state index in [2.05, 4.69) is 15.5 Å². The van der Waals surface area contributed by atoms with Crippen molar-refractivity contribution in [2.24, 2.45) is 5.10 Å². The molecule has 0 saturated carbocycles. The predicted molar refractivity (Wildman–Crippen MR) is 128 cm³/mol. The second-order valence-electron chi connectivity index (χ2n) is 7.80. The monoisotopic (exact) mass is 450 g/mol. The van der Waals surface area contributed by atoms with Gasteiger partial charge in [-0.25, -0.2) is 10.4 Å². The van der Waals surface area contributed by atoms with Crippen molar-refractivity contribution in [1.82, 2.24) is 15.0 Å². The average Bonchev–Trinajstić information content (AvgIpc) is 3.10. The van der Waals surface area contributed by atoms with Gasteiger partial charge in [-0.3, -0.25) is 23.7 Å². The van der Waals surface area contributed by atoms with Crippen LogP contribution in [-0.2, 0) is 17.8 Å². The number of rotatable bonds is 5. The minimum Gasteiger partial charge on any atom is -0.296 e. The molecule has 0 radical (unpaired) electrons. The van der Waals surface area contributed by atoms with Crippen molar-refractivity contribution in [2.75, 3.05) is 0 Å². The van der Waals surface area contributed by atoms with E-state index in [9.17, 15) is 19.2 Å². The Labute approximate surface area is 192 Å². The van der Waals surface area contributed by atoms with Gasteiger partial charge in [-0.1, -0.05) is 66.7 Å². The van der Waals surface area contributed by atoms with E-state index in [1.165, 1.54) is 16.7 Å². The molecule has 0 unspecified atom stereocenters. The zero-order valence-corrected chi connectivity index (χ0v) is 17.9. The number of aromatic nitrogens is 2. The SMILES string of the molecule is O=C(Cn1c(=O)c(Cc2ccccc2)nc2ccccc21)NN=c1c(=O)c2ccccc2c1=O. The van der Waals surface area contributed by atoms with Crippen molar-refractivity contribution in [3.05, 3.63) is 126 Å². The van der Waals surface area contributed by atoms with E-state index in [1.54, 1.807) is 36.4 Å². The zero-order chi connectivity index (χ0) is 23.7. The summed E-state index contributed by atoms with van der Waals surface area (Å²) < 4.78 is 1.32. The van der Waals surface area contributed by atoms with Crippen molar-refractivity contribution in [3.8, 4) is 0 Å². The summed E-state index contributed by atoms with van der Waals surface area (Å²) in [6.07, 6.45) is 0.315. The van der Waals surface area contributed by atoms with Gasteiger partial charge in [-0.15, -0.1) is 0 Å². The third-order valence-electron chi connectivity index (χ3n) is 5.57. The van der Waals surface area contributed by atoms with Gasteiger partial charge in [0.1, 0.15) is 12.2 Å². The number of benzene rings is 3. The predicted octanol–water partition coefficient (Wildman–Crippen LogP) is 1.37. The molecule has 0 fully saturated rings. The lowest BCUT2D eigenvalue weighted by Crippen LogP contribution is -2.38. The number of nitrogens with zero attached hydrogens (tertiary/aromatic N) is 3. The fourth-order valence-corrected chi connectivity index (χ4v) is 3.94. The summed E-state index contributed by atoms with van der Waals surface area (Å²) in [6.45, 7) is -0.351. The maximum atomic E-state index is 13.2. The van der Waals surface area contributed by atoms with E-state index in [0.29, 0.717) is 23.1 Å². The largest absolute Gasteiger partial charge is 0.296 e. The van der Waals surface area contributed by atoms with Crippen LogP contribution in [0.4, 0.5) is 0 Å². The molecule has 4 aromatic carbocycles. The summed E-state index contributed by atoms with van der Waals surface area (Å²) in [4.78, 5) is 55.3. The molecule has 0 bridgehead atoms. The molecular weight excluding hydrogens is 432 g/mol. The molecule has 0 spiro atoms. The summed E-state index contributed by atoms with van der Waals surface area (Å²) in [5.74, 6) is -0.645. The maximum absolute atomic E-state index is 13.2. The van der Waals surface area contributed by atoms with Crippen molar-refractivity contribution in [3.63, 3.8) is 0 Å². The number of hydrogen-bond donors (Lipinski definition) is 1. The summed E-state index contributed by atoms with van der Waals surface area (Å²) >= 11 is 0. The molecule has 5 rings (SSSR count). The molecule has 1 amide bonds. The smallest absolute Gasteiger partial charge is 0.273 e. The number of hydrogen-bond acceptors (Lipinski definition) is 6. The van der Waals surface area contributed by atoms with Crippen LogP contribution in [0.25, 0.3) is 21.8 Å². The van der Waals surface area contributed by atoms with Gasteiger partial charge < -0.3 is 0 Å². The topological polar surface area (TPSA) is 110 Å². The van der Waals surface area contributed by atoms with Gasteiger partial charge in [0.2, 0.25) is 10.9 Å².